The summed E-state index contributed by atoms with van der Waals surface area (Å²) in [5.41, 5.74) is 0.236. The molecule has 1 fully saturated rings. The molecule has 0 saturated carbocycles. The zero-order chi connectivity index (χ0) is 10.8. The normalized spacial score (nSPS) is 16.4. The van der Waals surface area contributed by atoms with Gasteiger partial charge in [0.05, 0.1) is 5.69 Å². The SMILES string of the molecule is O=C1NCCCN1c1cc(Cl)ccc1F. The molecule has 5 heteroatoms. The van der Waals surface area contributed by atoms with Crippen molar-refractivity contribution >= 4 is 23.3 Å². The van der Waals surface area contributed by atoms with E-state index < -0.39 is 5.82 Å². The summed E-state index contributed by atoms with van der Waals surface area (Å²) in [6, 6.07) is 3.91. The van der Waals surface area contributed by atoms with E-state index >= 15 is 0 Å². The highest BCUT2D eigenvalue weighted by Crippen LogP contribution is 2.24. The van der Waals surface area contributed by atoms with Gasteiger partial charge in [-0.2, -0.15) is 0 Å². The maximum atomic E-state index is 13.4. The number of urea groups is 1. The minimum atomic E-state index is -0.434. The number of carbonyl (C=O) groups excluding carboxylic acids is 1. The van der Waals surface area contributed by atoms with Crippen LogP contribution in [0.4, 0.5) is 14.9 Å². The summed E-state index contributed by atoms with van der Waals surface area (Å²) in [6.45, 7) is 1.15. The zero-order valence-corrected chi connectivity index (χ0v) is 8.72. The number of nitrogens with zero attached hydrogens (tertiary/aromatic N) is 1. The van der Waals surface area contributed by atoms with Crippen molar-refractivity contribution in [1.82, 2.24) is 5.32 Å². The zero-order valence-electron chi connectivity index (χ0n) is 7.96. The van der Waals surface area contributed by atoms with E-state index in [9.17, 15) is 9.18 Å². The summed E-state index contributed by atoms with van der Waals surface area (Å²) in [4.78, 5) is 12.8. The molecule has 1 aliphatic heterocycles. The van der Waals surface area contributed by atoms with Crippen molar-refractivity contribution in [3.8, 4) is 0 Å². The first-order valence-corrected chi connectivity index (χ1v) is 5.07. The Kier molecular flexibility index (Phi) is 2.77. The van der Waals surface area contributed by atoms with Crippen LogP contribution in [0.5, 0.6) is 0 Å². The van der Waals surface area contributed by atoms with Gasteiger partial charge < -0.3 is 5.32 Å². The van der Waals surface area contributed by atoms with Crippen LogP contribution in [0.1, 0.15) is 6.42 Å². The topological polar surface area (TPSA) is 32.3 Å². The molecule has 0 radical (unpaired) electrons. The number of hydrogen-bond acceptors (Lipinski definition) is 1. The van der Waals surface area contributed by atoms with E-state index in [0.29, 0.717) is 18.1 Å². The molecule has 0 unspecified atom stereocenters. The number of carbonyl (C=O) groups is 1. The van der Waals surface area contributed by atoms with Gasteiger partial charge in [0.1, 0.15) is 5.82 Å². The molecule has 0 aromatic heterocycles. The third-order valence-corrected chi connectivity index (χ3v) is 2.51. The molecule has 1 N–H and O–H groups in total. The maximum Gasteiger partial charge on any atom is 0.321 e. The van der Waals surface area contributed by atoms with E-state index in [4.69, 9.17) is 11.6 Å². The Morgan fingerprint density at radius 3 is 3.00 bits per heavy atom. The third-order valence-electron chi connectivity index (χ3n) is 2.28. The molecular formula is C10H10ClFN2O. The lowest BCUT2D eigenvalue weighted by atomic mass is 10.2. The lowest BCUT2D eigenvalue weighted by molar-refractivity contribution is 0.242. The van der Waals surface area contributed by atoms with Gasteiger partial charge in [-0.3, -0.25) is 4.90 Å². The highest BCUT2D eigenvalue weighted by molar-refractivity contribution is 6.30. The van der Waals surface area contributed by atoms with Crippen LogP contribution < -0.4 is 10.2 Å². The van der Waals surface area contributed by atoms with Gasteiger partial charge in [-0.05, 0) is 24.6 Å². The number of rotatable bonds is 1. The van der Waals surface area contributed by atoms with Gasteiger partial charge in [0.15, 0.2) is 0 Å². The van der Waals surface area contributed by atoms with Crippen LogP contribution >= 0.6 is 11.6 Å². The summed E-state index contributed by atoms with van der Waals surface area (Å²) in [6.07, 6.45) is 0.803. The van der Waals surface area contributed by atoms with E-state index in [1.165, 1.54) is 23.1 Å². The van der Waals surface area contributed by atoms with Gasteiger partial charge in [-0.25, -0.2) is 9.18 Å². The second kappa shape index (κ2) is 4.06. The molecule has 1 aromatic rings. The Bertz CT molecular complexity index is 397. The van der Waals surface area contributed by atoms with Crippen molar-refractivity contribution in [3.63, 3.8) is 0 Å². The highest BCUT2D eigenvalue weighted by Gasteiger charge is 2.21. The summed E-state index contributed by atoms with van der Waals surface area (Å²) in [5.74, 6) is -0.434. The number of halogens is 2. The average molecular weight is 229 g/mol. The first kappa shape index (κ1) is 10.2. The van der Waals surface area contributed by atoms with Crippen molar-refractivity contribution in [2.24, 2.45) is 0 Å². The van der Waals surface area contributed by atoms with E-state index in [-0.39, 0.29) is 11.7 Å². The number of hydrogen-bond donors (Lipinski definition) is 1. The lowest BCUT2D eigenvalue weighted by Crippen LogP contribution is -2.46. The molecule has 0 spiro atoms. The highest BCUT2D eigenvalue weighted by atomic mass is 35.5. The van der Waals surface area contributed by atoms with Gasteiger partial charge in [0, 0.05) is 18.1 Å². The van der Waals surface area contributed by atoms with Crippen molar-refractivity contribution in [3.05, 3.63) is 29.0 Å². The van der Waals surface area contributed by atoms with Crippen LogP contribution in [0.25, 0.3) is 0 Å². The summed E-state index contributed by atoms with van der Waals surface area (Å²) in [5, 5.41) is 3.08. The molecule has 2 amide bonds. The maximum absolute atomic E-state index is 13.4. The van der Waals surface area contributed by atoms with Crippen molar-refractivity contribution in [2.45, 2.75) is 6.42 Å². The Balaban J connectivity index is 2.34. The Hall–Kier alpha value is -1.29. The van der Waals surface area contributed by atoms with Crippen molar-refractivity contribution < 1.29 is 9.18 Å². The largest absolute Gasteiger partial charge is 0.338 e. The van der Waals surface area contributed by atoms with E-state index in [2.05, 4.69) is 5.32 Å². The fraction of sp³-hybridized carbons (Fsp3) is 0.300. The summed E-state index contributed by atoms with van der Waals surface area (Å²) in [7, 11) is 0. The quantitative estimate of drug-likeness (QED) is 0.787. The van der Waals surface area contributed by atoms with Crippen LogP contribution in [0.2, 0.25) is 5.02 Å². The van der Waals surface area contributed by atoms with E-state index in [0.717, 1.165) is 6.42 Å². The van der Waals surface area contributed by atoms with E-state index in [1.807, 2.05) is 0 Å². The van der Waals surface area contributed by atoms with Gasteiger partial charge in [-0.1, -0.05) is 11.6 Å². The summed E-state index contributed by atoms with van der Waals surface area (Å²) >= 11 is 5.76. The third kappa shape index (κ3) is 2.04. The number of anilines is 1. The van der Waals surface area contributed by atoms with Crippen molar-refractivity contribution in [1.29, 1.82) is 0 Å². The van der Waals surface area contributed by atoms with Crippen LogP contribution in [0, 0.1) is 5.82 Å². The molecule has 1 aliphatic rings. The molecule has 0 atom stereocenters. The smallest absolute Gasteiger partial charge is 0.321 e. The van der Waals surface area contributed by atoms with Crippen LogP contribution in [-0.2, 0) is 0 Å². The van der Waals surface area contributed by atoms with Gasteiger partial charge in [-0.15, -0.1) is 0 Å². The van der Waals surface area contributed by atoms with Gasteiger partial charge in [0.25, 0.3) is 0 Å². The monoisotopic (exact) mass is 228 g/mol. The molecule has 1 heterocycles. The first-order valence-electron chi connectivity index (χ1n) is 4.69. The fourth-order valence-corrected chi connectivity index (χ4v) is 1.72. The second-order valence-electron chi connectivity index (χ2n) is 3.33. The molecular weight excluding hydrogens is 219 g/mol. The Morgan fingerprint density at radius 2 is 2.27 bits per heavy atom. The molecule has 0 aliphatic carbocycles. The molecule has 1 saturated heterocycles. The predicted octanol–water partition coefficient (Wildman–Crippen LogP) is 2.40. The molecule has 80 valence electrons. The predicted molar refractivity (Wildman–Crippen MR) is 56.8 cm³/mol. The molecule has 15 heavy (non-hydrogen) atoms. The average Bonchev–Trinajstić information content (AvgIpc) is 2.23. The van der Waals surface area contributed by atoms with Crippen LogP contribution in [0.15, 0.2) is 18.2 Å². The first-order chi connectivity index (χ1) is 7.18. The number of nitrogens with one attached hydrogen (secondary N) is 1. The number of benzene rings is 1. The second-order valence-corrected chi connectivity index (χ2v) is 3.77. The van der Waals surface area contributed by atoms with Crippen LogP contribution in [-0.4, -0.2) is 19.1 Å². The number of amides is 2. The minimum absolute atomic E-state index is 0.236. The van der Waals surface area contributed by atoms with Gasteiger partial charge >= 0.3 is 6.03 Å². The molecule has 1 aromatic carbocycles. The Labute approximate surface area is 91.8 Å². The van der Waals surface area contributed by atoms with E-state index in [1.54, 1.807) is 0 Å². The van der Waals surface area contributed by atoms with Crippen molar-refractivity contribution in [2.75, 3.05) is 18.0 Å². The molecule has 2 rings (SSSR count). The molecule has 3 nitrogen and oxygen atoms in total. The minimum Gasteiger partial charge on any atom is -0.338 e. The Morgan fingerprint density at radius 1 is 1.47 bits per heavy atom. The lowest BCUT2D eigenvalue weighted by Gasteiger charge is -2.27. The molecule has 0 bridgehead atoms. The van der Waals surface area contributed by atoms with Gasteiger partial charge in [0.2, 0.25) is 0 Å². The standard InChI is InChI=1S/C10H10ClFN2O/c11-7-2-3-8(12)9(6-7)14-5-1-4-13-10(14)15/h2-3,6H,1,4-5H2,(H,13,15). The fourth-order valence-electron chi connectivity index (χ4n) is 1.55. The van der Waals surface area contributed by atoms with Crippen LogP contribution in [0.3, 0.4) is 0 Å². The summed E-state index contributed by atoms with van der Waals surface area (Å²) < 4.78 is 13.4.